The first-order valence-electron chi connectivity index (χ1n) is 6.63. The highest BCUT2D eigenvalue weighted by atomic mass is 32.2. The number of aromatic amines is 1. The maximum Gasteiger partial charge on any atom is 0.208 e. The van der Waals surface area contributed by atoms with E-state index in [0.29, 0.717) is 6.79 Å². The van der Waals surface area contributed by atoms with Gasteiger partial charge in [0.15, 0.2) is 5.82 Å². The lowest BCUT2D eigenvalue weighted by Crippen LogP contribution is -2.25. The Morgan fingerprint density at radius 2 is 2.20 bits per heavy atom. The van der Waals surface area contributed by atoms with Crippen LogP contribution in [0.1, 0.15) is 12.0 Å². The Morgan fingerprint density at radius 3 is 2.95 bits per heavy atom. The minimum absolute atomic E-state index is 0.232. The van der Waals surface area contributed by atoms with Gasteiger partial charge in [-0.3, -0.25) is 5.10 Å². The van der Waals surface area contributed by atoms with Crippen LogP contribution in [-0.2, 0) is 9.47 Å². The maximum atomic E-state index is 5.50. The molecule has 106 valence electrons. The number of aromatic nitrogens is 3. The summed E-state index contributed by atoms with van der Waals surface area (Å²) >= 11 is 1.61. The highest BCUT2D eigenvalue weighted by molar-refractivity contribution is 7.99. The van der Waals surface area contributed by atoms with E-state index in [1.54, 1.807) is 11.8 Å². The maximum absolute atomic E-state index is 5.50. The fourth-order valence-electron chi connectivity index (χ4n) is 1.95. The lowest BCUT2D eigenvalue weighted by atomic mass is 10.1. The summed E-state index contributed by atoms with van der Waals surface area (Å²) in [6.45, 7) is 3.24. The number of aryl methyl sites for hydroxylation is 1. The Hall–Kier alpha value is -1.37. The van der Waals surface area contributed by atoms with E-state index in [-0.39, 0.29) is 6.10 Å². The smallest absolute Gasteiger partial charge is 0.208 e. The molecule has 6 heteroatoms. The number of H-pyrrole nitrogens is 1. The lowest BCUT2D eigenvalue weighted by molar-refractivity contribution is -0.130. The quantitative estimate of drug-likeness (QED) is 0.878. The van der Waals surface area contributed by atoms with Gasteiger partial charge < -0.3 is 9.47 Å². The van der Waals surface area contributed by atoms with Crippen molar-refractivity contribution in [2.75, 3.05) is 19.2 Å². The summed E-state index contributed by atoms with van der Waals surface area (Å²) in [4.78, 5) is 4.50. The molecular formula is C14H17N3O2S. The minimum Gasteiger partial charge on any atom is -0.355 e. The first-order valence-corrected chi connectivity index (χ1v) is 7.61. The van der Waals surface area contributed by atoms with Crippen LogP contribution in [0, 0.1) is 6.92 Å². The molecule has 20 heavy (non-hydrogen) atoms. The second-order valence-electron chi connectivity index (χ2n) is 4.75. The summed E-state index contributed by atoms with van der Waals surface area (Å²) in [6.07, 6.45) is 1.16. The van der Waals surface area contributed by atoms with Gasteiger partial charge in [0.25, 0.3) is 0 Å². The van der Waals surface area contributed by atoms with E-state index >= 15 is 0 Å². The Kier molecular flexibility index (Phi) is 4.34. The van der Waals surface area contributed by atoms with Crippen LogP contribution in [0.15, 0.2) is 29.4 Å². The number of hydrogen-bond acceptors (Lipinski definition) is 5. The number of thioether (sulfide) groups is 1. The van der Waals surface area contributed by atoms with Crippen molar-refractivity contribution >= 4 is 11.8 Å². The van der Waals surface area contributed by atoms with Gasteiger partial charge in [-0.2, -0.15) is 0 Å². The van der Waals surface area contributed by atoms with Crippen molar-refractivity contribution in [1.82, 2.24) is 15.2 Å². The predicted octanol–water partition coefficient (Wildman–Crippen LogP) is 2.64. The van der Waals surface area contributed by atoms with Gasteiger partial charge >= 0.3 is 0 Å². The summed E-state index contributed by atoms with van der Waals surface area (Å²) in [6, 6.07) is 8.23. The predicted molar refractivity (Wildman–Crippen MR) is 77.6 cm³/mol. The van der Waals surface area contributed by atoms with Crippen LogP contribution in [0.4, 0.5) is 0 Å². The van der Waals surface area contributed by atoms with Crippen LogP contribution in [0.3, 0.4) is 0 Å². The van der Waals surface area contributed by atoms with E-state index in [9.17, 15) is 0 Å². The van der Waals surface area contributed by atoms with E-state index in [0.717, 1.165) is 35.3 Å². The molecule has 3 rings (SSSR count). The normalized spacial score (nSPS) is 19.1. The van der Waals surface area contributed by atoms with Crippen LogP contribution < -0.4 is 0 Å². The summed E-state index contributed by atoms with van der Waals surface area (Å²) in [5, 5.41) is 7.98. The molecule has 1 aromatic heterocycles. The van der Waals surface area contributed by atoms with Gasteiger partial charge in [-0.25, -0.2) is 4.98 Å². The largest absolute Gasteiger partial charge is 0.355 e. The molecule has 0 spiro atoms. The topological polar surface area (TPSA) is 60.0 Å². The zero-order valence-corrected chi connectivity index (χ0v) is 12.2. The summed E-state index contributed by atoms with van der Waals surface area (Å²) in [7, 11) is 0. The molecule has 5 nitrogen and oxygen atoms in total. The molecule has 1 atom stereocenters. The average molecular weight is 291 g/mol. The molecule has 1 aliphatic heterocycles. The summed E-state index contributed by atoms with van der Waals surface area (Å²) in [5.74, 6) is 1.66. The minimum atomic E-state index is 0.232. The van der Waals surface area contributed by atoms with Crippen molar-refractivity contribution in [3.8, 4) is 11.4 Å². The van der Waals surface area contributed by atoms with Gasteiger partial charge in [-0.05, 0) is 13.3 Å². The Labute approximate surface area is 122 Å². The second kappa shape index (κ2) is 6.39. The number of benzene rings is 1. The molecule has 0 amide bonds. The van der Waals surface area contributed by atoms with Gasteiger partial charge in [0, 0.05) is 11.3 Å². The monoisotopic (exact) mass is 291 g/mol. The highest BCUT2D eigenvalue weighted by Crippen LogP contribution is 2.22. The molecule has 1 saturated heterocycles. The third-order valence-corrected chi connectivity index (χ3v) is 4.14. The number of rotatable bonds is 4. The van der Waals surface area contributed by atoms with Crippen LogP contribution >= 0.6 is 11.8 Å². The van der Waals surface area contributed by atoms with Crippen molar-refractivity contribution in [2.24, 2.45) is 0 Å². The van der Waals surface area contributed by atoms with E-state index in [2.05, 4.69) is 34.2 Å². The first kappa shape index (κ1) is 13.6. The Bertz CT molecular complexity index is 550. The SMILES string of the molecule is Cc1ccc(-c2nc(SC[C@H]3CCOCO3)n[nH]2)cc1. The number of hydrogen-bond donors (Lipinski definition) is 1. The standard InChI is InChI=1S/C14H17N3O2S/c1-10-2-4-11(5-3-10)13-15-14(17-16-13)20-8-12-6-7-18-9-19-12/h2-5,12H,6-9H2,1H3,(H,15,16,17)/t12-/m1/s1. The molecule has 2 heterocycles. The van der Waals surface area contributed by atoms with Crippen molar-refractivity contribution in [2.45, 2.75) is 24.6 Å². The van der Waals surface area contributed by atoms with Crippen molar-refractivity contribution in [3.05, 3.63) is 29.8 Å². The third kappa shape index (κ3) is 3.39. The van der Waals surface area contributed by atoms with Gasteiger partial charge in [0.2, 0.25) is 5.16 Å². The summed E-state index contributed by atoms with van der Waals surface area (Å²) < 4.78 is 10.6. The molecule has 0 aliphatic carbocycles. The molecule has 1 aromatic carbocycles. The van der Waals surface area contributed by atoms with E-state index in [1.165, 1.54) is 5.56 Å². The van der Waals surface area contributed by atoms with Crippen LogP contribution in [0.5, 0.6) is 0 Å². The molecule has 1 fully saturated rings. The molecule has 0 bridgehead atoms. The van der Waals surface area contributed by atoms with Gasteiger partial charge in [-0.1, -0.05) is 41.6 Å². The average Bonchev–Trinajstić information content (AvgIpc) is 2.96. The van der Waals surface area contributed by atoms with E-state index < -0.39 is 0 Å². The summed E-state index contributed by atoms with van der Waals surface area (Å²) in [5.41, 5.74) is 2.29. The fraction of sp³-hybridized carbons (Fsp3) is 0.429. The Balaban J connectivity index is 1.60. The van der Waals surface area contributed by atoms with Crippen LogP contribution in [0.25, 0.3) is 11.4 Å². The van der Waals surface area contributed by atoms with Crippen molar-refractivity contribution in [3.63, 3.8) is 0 Å². The number of nitrogens with one attached hydrogen (secondary N) is 1. The molecule has 0 saturated carbocycles. The Morgan fingerprint density at radius 1 is 1.35 bits per heavy atom. The van der Waals surface area contributed by atoms with Crippen molar-refractivity contribution in [1.29, 1.82) is 0 Å². The molecule has 1 N–H and O–H groups in total. The molecular weight excluding hydrogens is 274 g/mol. The van der Waals surface area contributed by atoms with Crippen LogP contribution in [0.2, 0.25) is 0 Å². The highest BCUT2D eigenvalue weighted by Gasteiger charge is 2.15. The number of nitrogens with zero attached hydrogens (tertiary/aromatic N) is 2. The van der Waals surface area contributed by atoms with Gasteiger partial charge in [0.05, 0.1) is 12.7 Å². The molecule has 2 aromatic rings. The third-order valence-electron chi connectivity index (χ3n) is 3.16. The molecule has 0 unspecified atom stereocenters. The van der Waals surface area contributed by atoms with E-state index in [4.69, 9.17) is 9.47 Å². The van der Waals surface area contributed by atoms with Gasteiger partial charge in [-0.15, -0.1) is 5.10 Å². The number of ether oxygens (including phenoxy) is 2. The van der Waals surface area contributed by atoms with E-state index in [1.807, 2.05) is 12.1 Å². The van der Waals surface area contributed by atoms with Crippen LogP contribution in [-0.4, -0.2) is 40.4 Å². The zero-order valence-electron chi connectivity index (χ0n) is 11.3. The molecule has 1 aliphatic rings. The van der Waals surface area contributed by atoms with Gasteiger partial charge in [0.1, 0.15) is 6.79 Å². The second-order valence-corrected chi connectivity index (χ2v) is 5.73. The zero-order chi connectivity index (χ0) is 13.8. The fourth-order valence-corrected chi connectivity index (χ4v) is 2.82. The first-order chi connectivity index (χ1) is 9.81. The van der Waals surface area contributed by atoms with Crippen molar-refractivity contribution < 1.29 is 9.47 Å². The lowest BCUT2D eigenvalue weighted by Gasteiger charge is -2.21. The molecule has 0 radical (unpaired) electrons.